The Morgan fingerprint density at radius 1 is 1.33 bits per heavy atom. The van der Waals surface area contributed by atoms with Crippen LogP contribution in [0.4, 0.5) is 5.82 Å². The van der Waals surface area contributed by atoms with Gasteiger partial charge in [-0.25, -0.2) is 4.98 Å². The van der Waals surface area contributed by atoms with Crippen LogP contribution in [0.1, 0.15) is 18.4 Å². The van der Waals surface area contributed by atoms with E-state index < -0.39 is 0 Å². The van der Waals surface area contributed by atoms with E-state index in [4.69, 9.17) is 5.26 Å². The molecule has 4 rings (SSSR count). The Kier molecular flexibility index (Phi) is 1.98. The summed E-state index contributed by atoms with van der Waals surface area (Å²) in [5, 5.41) is 19.1. The molecule has 1 aromatic heterocycles. The van der Waals surface area contributed by atoms with Gasteiger partial charge in [0.2, 0.25) is 0 Å². The summed E-state index contributed by atoms with van der Waals surface area (Å²) in [5.74, 6) is 2.81. The van der Waals surface area contributed by atoms with Gasteiger partial charge in [-0.15, -0.1) is 0 Å². The maximum atomic E-state index is 10.3. The van der Waals surface area contributed by atoms with Crippen LogP contribution in [0.15, 0.2) is 18.3 Å². The normalized spacial score (nSPS) is 40.2. The molecule has 3 fully saturated rings. The minimum Gasteiger partial charge on any atom is -0.391 e. The maximum Gasteiger partial charge on any atom is 0.128 e. The molecule has 1 aromatic rings. The number of fused-ring (bicyclic) bond motifs is 1. The molecule has 0 radical (unpaired) electrons. The molecule has 2 heterocycles. The van der Waals surface area contributed by atoms with Gasteiger partial charge in [-0.3, -0.25) is 0 Å². The van der Waals surface area contributed by atoms with Crippen LogP contribution >= 0.6 is 0 Å². The van der Waals surface area contributed by atoms with E-state index in [0.29, 0.717) is 17.4 Å². The fourth-order valence-electron chi connectivity index (χ4n) is 4.30. The van der Waals surface area contributed by atoms with Gasteiger partial charge in [0.05, 0.1) is 17.7 Å². The zero-order valence-electron chi connectivity index (χ0n) is 10.0. The van der Waals surface area contributed by atoms with Crippen LogP contribution in [0.3, 0.4) is 0 Å². The quantitative estimate of drug-likeness (QED) is 0.801. The number of anilines is 1. The minimum absolute atomic E-state index is 0.189. The van der Waals surface area contributed by atoms with Gasteiger partial charge in [-0.05, 0) is 42.7 Å². The molecule has 18 heavy (non-hydrogen) atoms. The van der Waals surface area contributed by atoms with E-state index in [-0.39, 0.29) is 12.1 Å². The summed E-state index contributed by atoms with van der Waals surface area (Å²) in [6.45, 7) is 1.02. The maximum absolute atomic E-state index is 10.3. The largest absolute Gasteiger partial charge is 0.391 e. The second-order valence-corrected chi connectivity index (χ2v) is 5.81. The van der Waals surface area contributed by atoms with Crippen molar-refractivity contribution in [1.82, 2.24) is 4.98 Å². The van der Waals surface area contributed by atoms with E-state index in [0.717, 1.165) is 18.3 Å². The van der Waals surface area contributed by atoms with Crippen LogP contribution in [-0.4, -0.2) is 28.8 Å². The topological polar surface area (TPSA) is 60.2 Å². The van der Waals surface area contributed by atoms with Gasteiger partial charge >= 0.3 is 0 Å². The average molecular weight is 241 g/mol. The SMILES string of the molecule is N#Cc1ccc(N2C[C@@H]3C[C@H]4C[C@H]3[C@H]2[C@@H]4O)nc1. The van der Waals surface area contributed by atoms with Crippen molar-refractivity contribution in [1.29, 1.82) is 5.26 Å². The number of hydrogen-bond donors (Lipinski definition) is 1. The molecule has 1 saturated heterocycles. The first-order valence-electron chi connectivity index (χ1n) is 6.59. The lowest BCUT2D eigenvalue weighted by atomic mass is 9.88. The van der Waals surface area contributed by atoms with Crippen molar-refractivity contribution in [2.75, 3.05) is 11.4 Å². The van der Waals surface area contributed by atoms with Crippen LogP contribution in [0, 0.1) is 29.1 Å². The Bertz CT molecular complexity index is 519. The molecule has 92 valence electrons. The number of rotatable bonds is 1. The molecule has 1 aliphatic heterocycles. The zero-order chi connectivity index (χ0) is 12.3. The Labute approximate surface area is 106 Å². The van der Waals surface area contributed by atoms with Crippen molar-refractivity contribution in [2.24, 2.45) is 17.8 Å². The Morgan fingerprint density at radius 3 is 2.89 bits per heavy atom. The predicted octanol–water partition coefficient (Wildman–Crippen LogP) is 1.16. The number of nitriles is 1. The minimum atomic E-state index is -0.189. The molecule has 0 aromatic carbocycles. The van der Waals surface area contributed by atoms with Crippen molar-refractivity contribution in [3.8, 4) is 6.07 Å². The van der Waals surface area contributed by atoms with Gasteiger partial charge in [0.1, 0.15) is 11.9 Å². The standard InChI is InChI=1S/C14H15N3O/c15-5-8-1-2-12(16-6-8)17-7-10-3-9-4-11(10)13(17)14(9)18/h1-2,6,9-11,13-14,18H,3-4,7H2/t9-,10-,11+,13-,14+/m0/s1. The lowest BCUT2D eigenvalue weighted by Gasteiger charge is -2.29. The molecule has 2 aliphatic carbocycles. The van der Waals surface area contributed by atoms with E-state index in [9.17, 15) is 5.11 Å². The lowest BCUT2D eigenvalue weighted by Crippen LogP contribution is -2.41. The number of hydrogen-bond acceptors (Lipinski definition) is 4. The summed E-state index contributed by atoms with van der Waals surface area (Å²) in [6, 6.07) is 6.06. The monoisotopic (exact) mass is 241 g/mol. The van der Waals surface area contributed by atoms with Crippen LogP contribution in [0.25, 0.3) is 0 Å². The van der Waals surface area contributed by atoms with Crippen LogP contribution in [-0.2, 0) is 0 Å². The van der Waals surface area contributed by atoms with Crippen molar-refractivity contribution < 1.29 is 5.11 Å². The summed E-state index contributed by atoms with van der Waals surface area (Å²) in [7, 11) is 0. The molecule has 0 amide bonds. The number of aliphatic hydroxyl groups is 1. The molecule has 4 nitrogen and oxygen atoms in total. The van der Waals surface area contributed by atoms with E-state index in [1.54, 1.807) is 12.3 Å². The number of nitrogens with zero attached hydrogens (tertiary/aromatic N) is 3. The summed E-state index contributed by atoms with van der Waals surface area (Å²) in [5.41, 5.74) is 0.589. The third-order valence-corrected chi connectivity index (χ3v) is 5.02. The van der Waals surface area contributed by atoms with Crippen molar-refractivity contribution in [3.63, 3.8) is 0 Å². The number of pyridine rings is 1. The third kappa shape index (κ3) is 1.20. The highest BCUT2D eigenvalue weighted by Gasteiger charge is 2.59. The fourth-order valence-corrected chi connectivity index (χ4v) is 4.30. The van der Waals surface area contributed by atoms with Crippen LogP contribution < -0.4 is 4.90 Å². The predicted molar refractivity (Wildman–Crippen MR) is 65.8 cm³/mol. The Balaban J connectivity index is 1.68. The molecule has 2 bridgehead atoms. The zero-order valence-corrected chi connectivity index (χ0v) is 10.0. The van der Waals surface area contributed by atoms with Gasteiger partial charge in [-0.2, -0.15) is 5.26 Å². The van der Waals surface area contributed by atoms with Gasteiger partial charge in [0.25, 0.3) is 0 Å². The highest BCUT2D eigenvalue weighted by Crippen LogP contribution is 2.55. The second kappa shape index (κ2) is 3.46. The fraction of sp³-hybridized carbons (Fsp3) is 0.571. The van der Waals surface area contributed by atoms with E-state index in [1.807, 2.05) is 6.07 Å². The third-order valence-electron chi connectivity index (χ3n) is 5.02. The molecular weight excluding hydrogens is 226 g/mol. The summed E-state index contributed by atoms with van der Waals surface area (Å²) < 4.78 is 0. The molecule has 5 atom stereocenters. The van der Waals surface area contributed by atoms with Crippen molar-refractivity contribution in [3.05, 3.63) is 23.9 Å². The molecule has 2 saturated carbocycles. The van der Waals surface area contributed by atoms with Crippen LogP contribution in [0.2, 0.25) is 0 Å². The van der Waals surface area contributed by atoms with Gasteiger partial charge in [0.15, 0.2) is 0 Å². The van der Waals surface area contributed by atoms with Gasteiger partial charge < -0.3 is 10.0 Å². The Hall–Kier alpha value is -1.60. The van der Waals surface area contributed by atoms with E-state index in [1.165, 1.54) is 12.8 Å². The van der Waals surface area contributed by atoms with E-state index in [2.05, 4.69) is 16.0 Å². The summed E-state index contributed by atoms with van der Waals surface area (Å²) >= 11 is 0. The summed E-state index contributed by atoms with van der Waals surface area (Å²) in [4.78, 5) is 6.63. The molecule has 4 heteroatoms. The second-order valence-electron chi connectivity index (χ2n) is 5.81. The first-order valence-corrected chi connectivity index (χ1v) is 6.59. The van der Waals surface area contributed by atoms with Crippen LogP contribution in [0.5, 0.6) is 0 Å². The van der Waals surface area contributed by atoms with Crippen molar-refractivity contribution >= 4 is 5.82 Å². The molecule has 1 N–H and O–H groups in total. The smallest absolute Gasteiger partial charge is 0.128 e. The molecule has 3 aliphatic rings. The first-order chi connectivity index (χ1) is 8.78. The molecule has 0 spiro atoms. The number of aliphatic hydroxyl groups excluding tert-OH is 1. The molecule has 0 unspecified atom stereocenters. The lowest BCUT2D eigenvalue weighted by molar-refractivity contribution is 0.0965. The van der Waals surface area contributed by atoms with E-state index >= 15 is 0 Å². The number of aromatic nitrogens is 1. The van der Waals surface area contributed by atoms with Gasteiger partial charge in [-0.1, -0.05) is 0 Å². The highest BCUT2D eigenvalue weighted by atomic mass is 16.3. The highest BCUT2D eigenvalue weighted by molar-refractivity contribution is 5.46. The Morgan fingerprint density at radius 2 is 2.22 bits per heavy atom. The first kappa shape index (κ1) is 10.3. The summed E-state index contributed by atoms with van der Waals surface area (Å²) in [6.07, 6.45) is 3.79. The van der Waals surface area contributed by atoms with Gasteiger partial charge in [0, 0.05) is 12.7 Å². The molecular formula is C14H15N3O. The van der Waals surface area contributed by atoms with Crippen molar-refractivity contribution in [2.45, 2.75) is 25.0 Å². The average Bonchev–Trinajstić information content (AvgIpc) is 3.00.